The van der Waals surface area contributed by atoms with Crippen molar-refractivity contribution < 1.29 is 5.11 Å². The van der Waals surface area contributed by atoms with Crippen molar-refractivity contribution in [2.24, 2.45) is 0 Å². The Morgan fingerprint density at radius 2 is 1.63 bits per heavy atom. The molecule has 3 rings (SSSR count). The monoisotopic (exact) mass is 268 g/mol. The first-order valence-electron chi connectivity index (χ1n) is 5.90. The molecule has 0 bridgehead atoms. The molecule has 3 aromatic rings. The Morgan fingerprint density at radius 1 is 0.947 bits per heavy atom. The van der Waals surface area contributed by atoms with Crippen LogP contribution in [0.3, 0.4) is 0 Å². The maximum Gasteiger partial charge on any atom is 0.182 e. The fourth-order valence-corrected chi connectivity index (χ4v) is 2.23. The van der Waals surface area contributed by atoms with Crippen molar-refractivity contribution in [2.45, 2.75) is 0 Å². The van der Waals surface area contributed by atoms with Crippen molar-refractivity contribution in [3.05, 3.63) is 65.6 Å². The van der Waals surface area contributed by atoms with Crippen LogP contribution in [0.4, 0.5) is 0 Å². The number of nitrogens with zero attached hydrogens (tertiary/aromatic N) is 1. The summed E-state index contributed by atoms with van der Waals surface area (Å²) in [5.74, 6) is 0.254. The van der Waals surface area contributed by atoms with Crippen molar-refractivity contribution in [2.75, 3.05) is 0 Å². The van der Waals surface area contributed by atoms with Gasteiger partial charge in [-0.3, -0.25) is 4.57 Å². The fourth-order valence-electron chi connectivity index (χ4n) is 1.96. The van der Waals surface area contributed by atoms with Crippen LogP contribution in [0.2, 0.25) is 0 Å². The number of nitrogens with one attached hydrogen (secondary N) is 1. The summed E-state index contributed by atoms with van der Waals surface area (Å²) in [5.41, 5.74) is 2.93. The summed E-state index contributed by atoms with van der Waals surface area (Å²) in [6.07, 6.45) is 1.96. The Labute approximate surface area is 115 Å². The van der Waals surface area contributed by atoms with E-state index in [9.17, 15) is 5.11 Å². The van der Waals surface area contributed by atoms with Crippen LogP contribution in [0.25, 0.3) is 16.9 Å². The molecule has 1 aromatic heterocycles. The molecule has 4 heteroatoms. The van der Waals surface area contributed by atoms with Gasteiger partial charge in [-0.25, -0.2) is 0 Å². The van der Waals surface area contributed by atoms with Gasteiger partial charge in [-0.2, -0.15) is 0 Å². The number of rotatable bonds is 2. The summed E-state index contributed by atoms with van der Waals surface area (Å²) in [4.78, 5) is 3.18. The third-order valence-electron chi connectivity index (χ3n) is 2.93. The minimum absolute atomic E-state index is 0.254. The van der Waals surface area contributed by atoms with E-state index in [1.807, 2.05) is 53.2 Å². The summed E-state index contributed by atoms with van der Waals surface area (Å²) in [5, 5.41) is 9.31. The lowest BCUT2D eigenvalue weighted by Crippen LogP contribution is -1.90. The van der Waals surface area contributed by atoms with E-state index in [-0.39, 0.29) is 5.75 Å². The Bertz CT molecular complexity index is 742. The van der Waals surface area contributed by atoms with E-state index in [2.05, 4.69) is 4.98 Å². The second-order valence-corrected chi connectivity index (χ2v) is 4.61. The van der Waals surface area contributed by atoms with Gasteiger partial charge < -0.3 is 10.1 Å². The maximum absolute atomic E-state index is 9.31. The molecule has 0 aliphatic carbocycles. The van der Waals surface area contributed by atoms with Crippen LogP contribution in [-0.2, 0) is 0 Å². The predicted molar refractivity (Wildman–Crippen MR) is 78.1 cm³/mol. The second kappa shape index (κ2) is 4.74. The highest BCUT2D eigenvalue weighted by molar-refractivity contribution is 7.71. The number of aromatic hydroxyl groups is 1. The molecule has 1 heterocycles. The Hall–Kier alpha value is -2.33. The van der Waals surface area contributed by atoms with Crippen LogP contribution in [0, 0.1) is 4.77 Å². The van der Waals surface area contributed by atoms with Gasteiger partial charge in [0.2, 0.25) is 0 Å². The van der Waals surface area contributed by atoms with Gasteiger partial charge in [-0.05, 0) is 54.2 Å². The summed E-state index contributed by atoms with van der Waals surface area (Å²) in [6, 6.07) is 17.0. The van der Waals surface area contributed by atoms with Crippen LogP contribution >= 0.6 is 12.2 Å². The summed E-state index contributed by atoms with van der Waals surface area (Å²) in [6.45, 7) is 0. The summed E-state index contributed by atoms with van der Waals surface area (Å²) >= 11 is 5.34. The quantitative estimate of drug-likeness (QED) is 0.692. The van der Waals surface area contributed by atoms with Gasteiger partial charge in [0.15, 0.2) is 4.77 Å². The second-order valence-electron chi connectivity index (χ2n) is 4.23. The number of phenolic OH excluding ortho intramolecular Hbond substituents is 1. The van der Waals surface area contributed by atoms with E-state index in [0.29, 0.717) is 4.77 Å². The number of aromatic amines is 1. The third-order valence-corrected chi connectivity index (χ3v) is 3.23. The van der Waals surface area contributed by atoms with Crippen LogP contribution in [-0.4, -0.2) is 14.7 Å². The van der Waals surface area contributed by atoms with Crippen molar-refractivity contribution in [3.63, 3.8) is 0 Å². The molecule has 3 nitrogen and oxygen atoms in total. The summed E-state index contributed by atoms with van der Waals surface area (Å²) in [7, 11) is 0. The zero-order chi connectivity index (χ0) is 13.2. The van der Waals surface area contributed by atoms with E-state index >= 15 is 0 Å². The van der Waals surface area contributed by atoms with Gasteiger partial charge in [0.1, 0.15) is 5.75 Å². The van der Waals surface area contributed by atoms with Gasteiger partial charge >= 0.3 is 0 Å². The van der Waals surface area contributed by atoms with E-state index in [1.165, 1.54) is 0 Å². The molecule has 0 atom stereocenters. The first-order chi connectivity index (χ1) is 9.24. The van der Waals surface area contributed by atoms with Crippen molar-refractivity contribution in [1.82, 2.24) is 9.55 Å². The molecule has 0 aliphatic heterocycles. The molecule has 0 radical (unpaired) electrons. The molecular weight excluding hydrogens is 256 g/mol. The van der Waals surface area contributed by atoms with Gasteiger partial charge in [0, 0.05) is 11.9 Å². The third kappa shape index (κ3) is 2.30. The van der Waals surface area contributed by atoms with Crippen LogP contribution in [0.15, 0.2) is 60.8 Å². The number of hydrogen-bond donors (Lipinski definition) is 2. The zero-order valence-corrected chi connectivity index (χ0v) is 10.9. The SMILES string of the molecule is Oc1ccc(-c2cn(-c3ccccc3)c(=S)[nH]2)cc1. The average molecular weight is 268 g/mol. The van der Waals surface area contributed by atoms with Crippen LogP contribution < -0.4 is 0 Å². The lowest BCUT2D eigenvalue weighted by atomic mass is 10.2. The number of benzene rings is 2. The molecule has 19 heavy (non-hydrogen) atoms. The number of imidazole rings is 1. The van der Waals surface area contributed by atoms with E-state index in [4.69, 9.17) is 12.2 Å². The van der Waals surface area contributed by atoms with E-state index in [0.717, 1.165) is 16.9 Å². The minimum Gasteiger partial charge on any atom is -0.508 e. The van der Waals surface area contributed by atoms with Gasteiger partial charge in [-0.15, -0.1) is 0 Å². The lowest BCUT2D eigenvalue weighted by Gasteiger charge is -2.00. The number of phenols is 1. The van der Waals surface area contributed by atoms with Crippen LogP contribution in [0.1, 0.15) is 0 Å². The molecule has 0 unspecified atom stereocenters. The zero-order valence-electron chi connectivity index (χ0n) is 10.1. The molecule has 0 spiro atoms. The molecule has 94 valence electrons. The van der Waals surface area contributed by atoms with E-state index in [1.54, 1.807) is 12.1 Å². The van der Waals surface area contributed by atoms with Crippen molar-refractivity contribution >= 4 is 12.2 Å². The molecule has 2 N–H and O–H groups in total. The number of para-hydroxylation sites is 1. The fraction of sp³-hybridized carbons (Fsp3) is 0. The highest BCUT2D eigenvalue weighted by Gasteiger charge is 2.04. The predicted octanol–water partition coefficient (Wildman–Crippen LogP) is 3.91. The molecule has 0 amide bonds. The standard InChI is InChI=1S/C15H12N2OS/c18-13-8-6-11(7-9-13)14-10-17(15(19)16-14)12-4-2-1-3-5-12/h1-10,18H,(H,16,19). The van der Waals surface area contributed by atoms with Crippen molar-refractivity contribution in [1.29, 1.82) is 0 Å². The molecule has 0 aliphatic rings. The summed E-state index contributed by atoms with van der Waals surface area (Å²) < 4.78 is 2.58. The molecule has 0 saturated heterocycles. The van der Waals surface area contributed by atoms with Gasteiger partial charge in [-0.1, -0.05) is 18.2 Å². The largest absolute Gasteiger partial charge is 0.508 e. The Balaban J connectivity index is 2.07. The lowest BCUT2D eigenvalue weighted by molar-refractivity contribution is 0.475. The maximum atomic E-state index is 9.31. The molecule has 2 aromatic carbocycles. The van der Waals surface area contributed by atoms with Gasteiger partial charge in [0.25, 0.3) is 0 Å². The number of aromatic nitrogens is 2. The molecule has 0 saturated carbocycles. The Kier molecular flexibility index (Phi) is 2.93. The number of hydrogen-bond acceptors (Lipinski definition) is 2. The minimum atomic E-state index is 0.254. The highest BCUT2D eigenvalue weighted by Crippen LogP contribution is 2.22. The smallest absolute Gasteiger partial charge is 0.182 e. The number of H-pyrrole nitrogens is 1. The molecular formula is C15H12N2OS. The van der Waals surface area contributed by atoms with Gasteiger partial charge in [0.05, 0.1) is 5.69 Å². The first-order valence-corrected chi connectivity index (χ1v) is 6.31. The topological polar surface area (TPSA) is 41.0 Å². The van der Waals surface area contributed by atoms with Crippen molar-refractivity contribution in [3.8, 4) is 22.7 Å². The first kappa shape index (κ1) is 11.7. The van der Waals surface area contributed by atoms with Crippen LogP contribution in [0.5, 0.6) is 5.75 Å². The highest BCUT2D eigenvalue weighted by atomic mass is 32.1. The Morgan fingerprint density at radius 3 is 2.32 bits per heavy atom. The molecule has 0 fully saturated rings. The van der Waals surface area contributed by atoms with E-state index < -0.39 is 0 Å². The normalized spacial score (nSPS) is 10.5. The average Bonchev–Trinajstić information content (AvgIpc) is 2.83.